The third-order valence-corrected chi connectivity index (χ3v) is 4.26. The Kier molecular flexibility index (Phi) is 4.67. The summed E-state index contributed by atoms with van der Waals surface area (Å²) < 4.78 is 0.388. The fraction of sp³-hybridized carbons (Fsp3) is 0.0556. The van der Waals surface area contributed by atoms with Gasteiger partial charge in [-0.05, 0) is 27.1 Å². The van der Waals surface area contributed by atoms with Crippen molar-refractivity contribution in [1.29, 1.82) is 0 Å². The van der Waals surface area contributed by atoms with Crippen LogP contribution in [0.2, 0.25) is 0 Å². The van der Waals surface area contributed by atoms with Crippen LogP contribution in [0.15, 0.2) is 53.1 Å². The number of hydrogen-bond donors (Lipinski definition) is 3. The highest BCUT2D eigenvalue weighted by molar-refractivity contribution is 9.10. The molecule has 0 saturated carbocycles. The largest absolute Gasteiger partial charge is 0.505 e. The number of amides is 1. The Labute approximate surface area is 151 Å². The second kappa shape index (κ2) is 6.90. The van der Waals surface area contributed by atoms with Crippen molar-refractivity contribution in [3.63, 3.8) is 0 Å². The van der Waals surface area contributed by atoms with Crippen LogP contribution in [0, 0.1) is 0 Å². The Hall–Kier alpha value is -2.93. The first kappa shape index (κ1) is 16.9. The van der Waals surface area contributed by atoms with Crippen LogP contribution >= 0.6 is 15.9 Å². The van der Waals surface area contributed by atoms with Gasteiger partial charge in [-0.2, -0.15) is 0 Å². The summed E-state index contributed by atoms with van der Waals surface area (Å²) in [6, 6.07) is 14.9. The summed E-state index contributed by atoms with van der Waals surface area (Å²) >= 11 is 3.32. The molecule has 0 radical (unpaired) electrons. The van der Waals surface area contributed by atoms with Crippen molar-refractivity contribution < 1.29 is 19.8 Å². The molecule has 0 aliphatic carbocycles. The average molecular weight is 401 g/mol. The number of aromatic hydroxyl groups is 1. The van der Waals surface area contributed by atoms with Gasteiger partial charge in [0.05, 0.1) is 0 Å². The third-order valence-electron chi connectivity index (χ3n) is 3.66. The topological polar surface area (TPSA) is 99.5 Å². The standard InChI is InChI=1S/C18H13BrN2O4/c19-17-12-8-4-7-11(10-5-2-1-3-6-10)14(12)16(24)15(21-17)18(25)20-9-13(22)23/h1-8,24H,9H2,(H,20,25)(H,22,23). The van der Waals surface area contributed by atoms with Gasteiger partial charge < -0.3 is 15.5 Å². The summed E-state index contributed by atoms with van der Waals surface area (Å²) in [7, 11) is 0. The molecule has 126 valence electrons. The van der Waals surface area contributed by atoms with Crippen molar-refractivity contribution in [3.05, 3.63) is 58.8 Å². The molecular weight excluding hydrogens is 388 g/mol. The Morgan fingerprint density at radius 1 is 1.08 bits per heavy atom. The average Bonchev–Trinajstić information content (AvgIpc) is 2.62. The van der Waals surface area contributed by atoms with E-state index in [0.29, 0.717) is 15.4 Å². The number of halogens is 1. The lowest BCUT2D eigenvalue weighted by Gasteiger charge is -2.13. The third kappa shape index (κ3) is 3.32. The zero-order valence-corrected chi connectivity index (χ0v) is 14.4. The molecule has 2 aromatic carbocycles. The maximum atomic E-state index is 12.2. The zero-order chi connectivity index (χ0) is 18.0. The molecule has 3 aromatic rings. The lowest BCUT2D eigenvalue weighted by Crippen LogP contribution is -2.30. The van der Waals surface area contributed by atoms with Crippen LogP contribution in [0.1, 0.15) is 10.5 Å². The Morgan fingerprint density at radius 3 is 2.48 bits per heavy atom. The van der Waals surface area contributed by atoms with Crippen molar-refractivity contribution in [1.82, 2.24) is 10.3 Å². The normalized spacial score (nSPS) is 10.6. The van der Waals surface area contributed by atoms with Gasteiger partial charge in [0.2, 0.25) is 0 Å². The highest BCUT2D eigenvalue weighted by atomic mass is 79.9. The van der Waals surface area contributed by atoms with Gasteiger partial charge in [0.1, 0.15) is 11.1 Å². The van der Waals surface area contributed by atoms with Gasteiger partial charge in [-0.3, -0.25) is 9.59 Å². The van der Waals surface area contributed by atoms with Gasteiger partial charge in [-0.1, -0.05) is 48.5 Å². The number of carbonyl (C=O) groups excluding carboxylic acids is 1. The fourth-order valence-corrected chi connectivity index (χ4v) is 3.07. The van der Waals surface area contributed by atoms with Gasteiger partial charge in [0.15, 0.2) is 11.4 Å². The molecule has 0 aliphatic rings. The Balaban J connectivity index is 2.21. The lowest BCUT2D eigenvalue weighted by molar-refractivity contribution is -0.135. The number of carboxylic acid groups (broad SMARTS) is 1. The smallest absolute Gasteiger partial charge is 0.322 e. The van der Waals surface area contributed by atoms with Crippen molar-refractivity contribution in [3.8, 4) is 16.9 Å². The summed E-state index contributed by atoms with van der Waals surface area (Å²) in [5.41, 5.74) is 1.38. The maximum absolute atomic E-state index is 12.2. The number of rotatable bonds is 4. The van der Waals surface area contributed by atoms with Crippen LogP contribution < -0.4 is 5.32 Å². The molecule has 3 rings (SSSR count). The highest BCUT2D eigenvalue weighted by Gasteiger charge is 2.21. The van der Waals surface area contributed by atoms with E-state index in [1.165, 1.54) is 0 Å². The molecule has 0 bridgehead atoms. The predicted molar refractivity (Wildman–Crippen MR) is 96.5 cm³/mol. The summed E-state index contributed by atoms with van der Waals surface area (Å²) in [5, 5.41) is 22.7. The SMILES string of the molecule is O=C(O)CNC(=O)c1nc(Br)c2cccc(-c3ccccc3)c2c1O. The maximum Gasteiger partial charge on any atom is 0.322 e. The molecule has 0 unspecified atom stereocenters. The first-order valence-corrected chi connectivity index (χ1v) is 8.15. The van der Waals surface area contributed by atoms with E-state index >= 15 is 0 Å². The minimum absolute atomic E-state index is 0.232. The van der Waals surface area contributed by atoms with Crippen LogP contribution in [-0.4, -0.2) is 33.6 Å². The second-order valence-electron chi connectivity index (χ2n) is 5.27. The molecule has 0 atom stereocenters. The number of hydrogen-bond acceptors (Lipinski definition) is 4. The van der Waals surface area contributed by atoms with Gasteiger partial charge in [-0.15, -0.1) is 0 Å². The minimum atomic E-state index is -1.18. The summed E-state index contributed by atoms with van der Waals surface area (Å²) in [4.78, 5) is 26.9. The molecule has 1 heterocycles. The molecule has 0 aliphatic heterocycles. The quantitative estimate of drug-likeness (QED) is 0.584. The lowest BCUT2D eigenvalue weighted by atomic mass is 9.98. The minimum Gasteiger partial charge on any atom is -0.505 e. The molecular formula is C18H13BrN2O4. The summed E-state index contributed by atoms with van der Waals surface area (Å²) in [6.45, 7) is -0.560. The van der Waals surface area contributed by atoms with Gasteiger partial charge in [0.25, 0.3) is 5.91 Å². The number of carboxylic acids is 1. The van der Waals surface area contributed by atoms with Gasteiger partial charge in [-0.25, -0.2) is 4.98 Å². The Morgan fingerprint density at radius 2 is 1.80 bits per heavy atom. The molecule has 25 heavy (non-hydrogen) atoms. The molecule has 1 amide bonds. The van der Waals surface area contributed by atoms with Crippen LogP contribution in [0.3, 0.4) is 0 Å². The predicted octanol–water partition coefficient (Wildman–Crippen LogP) is 3.18. The highest BCUT2D eigenvalue weighted by Crippen LogP contribution is 2.39. The van der Waals surface area contributed by atoms with E-state index in [1.54, 1.807) is 6.07 Å². The molecule has 0 fully saturated rings. The summed E-state index contributed by atoms with van der Waals surface area (Å²) in [5.74, 6) is -2.23. The molecule has 6 nitrogen and oxygen atoms in total. The number of aromatic nitrogens is 1. The number of benzene rings is 2. The fourth-order valence-electron chi connectivity index (χ4n) is 2.57. The van der Waals surface area contributed by atoms with E-state index in [-0.39, 0.29) is 11.4 Å². The van der Waals surface area contributed by atoms with Crippen LogP contribution in [0.5, 0.6) is 5.75 Å². The van der Waals surface area contributed by atoms with Gasteiger partial charge in [0, 0.05) is 10.8 Å². The number of aliphatic carboxylic acids is 1. The molecule has 1 aromatic heterocycles. The summed E-state index contributed by atoms with van der Waals surface area (Å²) in [6.07, 6.45) is 0. The van der Waals surface area contributed by atoms with Crippen LogP contribution in [-0.2, 0) is 4.79 Å². The van der Waals surface area contributed by atoms with Crippen molar-refractivity contribution in [2.45, 2.75) is 0 Å². The van der Waals surface area contributed by atoms with E-state index in [0.717, 1.165) is 11.1 Å². The molecule has 7 heteroatoms. The van der Waals surface area contributed by atoms with Crippen molar-refractivity contribution in [2.75, 3.05) is 6.54 Å². The van der Waals surface area contributed by atoms with E-state index in [1.807, 2.05) is 42.5 Å². The van der Waals surface area contributed by atoms with Crippen molar-refractivity contribution in [2.24, 2.45) is 0 Å². The number of fused-ring (bicyclic) bond motifs is 1. The zero-order valence-electron chi connectivity index (χ0n) is 12.9. The number of nitrogens with one attached hydrogen (secondary N) is 1. The van der Waals surface area contributed by atoms with E-state index < -0.39 is 18.4 Å². The number of carbonyl (C=O) groups is 2. The van der Waals surface area contributed by atoms with E-state index in [9.17, 15) is 14.7 Å². The molecule has 0 spiro atoms. The monoisotopic (exact) mass is 400 g/mol. The first-order valence-electron chi connectivity index (χ1n) is 7.35. The van der Waals surface area contributed by atoms with Crippen LogP contribution in [0.4, 0.5) is 0 Å². The Bertz CT molecular complexity index is 974. The van der Waals surface area contributed by atoms with E-state index in [2.05, 4.69) is 26.2 Å². The van der Waals surface area contributed by atoms with Crippen molar-refractivity contribution >= 4 is 38.6 Å². The van der Waals surface area contributed by atoms with Crippen LogP contribution in [0.25, 0.3) is 21.9 Å². The van der Waals surface area contributed by atoms with Gasteiger partial charge >= 0.3 is 5.97 Å². The molecule has 0 saturated heterocycles. The number of pyridine rings is 1. The van der Waals surface area contributed by atoms with E-state index in [4.69, 9.17) is 5.11 Å². The molecule has 3 N–H and O–H groups in total. The number of nitrogens with zero attached hydrogens (tertiary/aromatic N) is 1. The second-order valence-corrected chi connectivity index (χ2v) is 6.02. The first-order chi connectivity index (χ1) is 12.0.